The Morgan fingerprint density at radius 3 is 2.68 bits per heavy atom. The zero-order chi connectivity index (χ0) is 13.2. The van der Waals surface area contributed by atoms with E-state index in [1.165, 1.54) is 22.1 Å². The van der Waals surface area contributed by atoms with Crippen LogP contribution in [-0.4, -0.2) is 4.98 Å². The number of nitrogen functional groups attached to an aromatic ring is 1. The lowest BCUT2D eigenvalue weighted by atomic mass is 9.97. The lowest BCUT2D eigenvalue weighted by Crippen LogP contribution is -1.97. The van der Waals surface area contributed by atoms with Gasteiger partial charge in [0, 0.05) is 17.3 Å². The van der Waals surface area contributed by atoms with Crippen LogP contribution in [0.15, 0.2) is 54.7 Å². The Hall–Kier alpha value is -2.35. The topological polar surface area (TPSA) is 38.9 Å². The van der Waals surface area contributed by atoms with Crippen LogP contribution < -0.4 is 5.73 Å². The van der Waals surface area contributed by atoms with Crippen molar-refractivity contribution in [2.24, 2.45) is 0 Å². The second-order valence-electron chi connectivity index (χ2n) is 4.80. The van der Waals surface area contributed by atoms with Gasteiger partial charge in [0.1, 0.15) is 0 Å². The maximum atomic E-state index is 5.97. The van der Waals surface area contributed by atoms with Gasteiger partial charge in [0.25, 0.3) is 0 Å². The standard InChI is InChI=1S/C17H16N2/c1-12-13(5-4-7-16(12)18)11-14-9-10-19-17-8-3-2-6-15(14)17/h2-10H,11,18H2,1H3. The highest BCUT2D eigenvalue weighted by Crippen LogP contribution is 2.23. The zero-order valence-electron chi connectivity index (χ0n) is 10.9. The first-order valence-corrected chi connectivity index (χ1v) is 6.42. The average molecular weight is 248 g/mol. The first-order valence-electron chi connectivity index (χ1n) is 6.42. The molecule has 2 heteroatoms. The second-order valence-corrected chi connectivity index (χ2v) is 4.80. The van der Waals surface area contributed by atoms with Crippen molar-refractivity contribution in [3.05, 3.63) is 71.4 Å². The Bertz CT molecular complexity index is 727. The molecule has 0 aliphatic heterocycles. The van der Waals surface area contributed by atoms with Gasteiger partial charge in [-0.1, -0.05) is 30.3 Å². The summed E-state index contributed by atoms with van der Waals surface area (Å²) in [5, 5.41) is 1.21. The minimum Gasteiger partial charge on any atom is -0.399 e. The molecule has 0 radical (unpaired) electrons. The molecule has 0 bridgehead atoms. The van der Waals surface area contributed by atoms with Crippen LogP contribution in [-0.2, 0) is 6.42 Å². The van der Waals surface area contributed by atoms with E-state index in [1.807, 2.05) is 30.5 Å². The van der Waals surface area contributed by atoms with E-state index >= 15 is 0 Å². The number of fused-ring (bicyclic) bond motifs is 1. The summed E-state index contributed by atoms with van der Waals surface area (Å²) < 4.78 is 0. The molecular formula is C17H16N2. The minimum absolute atomic E-state index is 0.857. The van der Waals surface area contributed by atoms with Crippen LogP contribution in [0.1, 0.15) is 16.7 Å². The number of hydrogen-bond acceptors (Lipinski definition) is 2. The molecule has 0 atom stereocenters. The molecule has 94 valence electrons. The summed E-state index contributed by atoms with van der Waals surface area (Å²) in [4.78, 5) is 4.40. The fourth-order valence-electron chi connectivity index (χ4n) is 2.41. The van der Waals surface area contributed by atoms with Crippen LogP contribution in [0.3, 0.4) is 0 Å². The molecule has 0 saturated heterocycles. The summed E-state index contributed by atoms with van der Waals surface area (Å²) in [6, 6.07) is 16.4. The molecule has 0 unspecified atom stereocenters. The highest BCUT2D eigenvalue weighted by atomic mass is 14.6. The lowest BCUT2D eigenvalue weighted by molar-refractivity contribution is 1.16. The van der Waals surface area contributed by atoms with Crippen molar-refractivity contribution >= 4 is 16.6 Å². The van der Waals surface area contributed by atoms with Gasteiger partial charge in [0.2, 0.25) is 0 Å². The van der Waals surface area contributed by atoms with E-state index in [0.717, 1.165) is 17.6 Å². The normalized spacial score (nSPS) is 10.8. The molecule has 0 amide bonds. The maximum Gasteiger partial charge on any atom is 0.0704 e. The fourth-order valence-corrected chi connectivity index (χ4v) is 2.41. The van der Waals surface area contributed by atoms with E-state index in [4.69, 9.17) is 5.73 Å². The number of nitrogens with zero attached hydrogens (tertiary/aromatic N) is 1. The molecule has 19 heavy (non-hydrogen) atoms. The van der Waals surface area contributed by atoms with Crippen molar-refractivity contribution in [2.45, 2.75) is 13.3 Å². The van der Waals surface area contributed by atoms with E-state index in [2.05, 4.69) is 36.2 Å². The maximum absolute atomic E-state index is 5.97. The van der Waals surface area contributed by atoms with Crippen molar-refractivity contribution in [2.75, 3.05) is 5.73 Å². The predicted octanol–water partition coefficient (Wildman–Crippen LogP) is 3.72. The van der Waals surface area contributed by atoms with Gasteiger partial charge in [0.15, 0.2) is 0 Å². The van der Waals surface area contributed by atoms with Gasteiger partial charge in [-0.3, -0.25) is 4.98 Å². The molecular weight excluding hydrogens is 232 g/mol. The fraction of sp³-hybridized carbons (Fsp3) is 0.118. The van der Waals surface area contributed by atoms with Crippen LogP contribution in [0, 0.1) is 6.92 Å². The molecule has 1 aromatic heterocycles. The third kappa shape index (κ3) is 2.17. The van der Waals surface area contributed by atoms with Gasteiger partial charge in [-0.2, -0.15) is 0 Å². The molecule has 2 aromatic carbocycles. The summed E-state index contributed by atoms with van der Waals surface area (Å²) in [5.41, 5.74) is 11.6. The van der Waals surface area contributed by atoms with Gasteiger partial charge >= 0.3 is 0 Å². The summed E-state index contributed by atoms with van der Waals surface area (Å²) in [6.45, 7) is 2.08. The van der Waals surface area contributed by atoms with Crippen molar-refractivity contribution in [1.29, 1.82) is 0 Å². The lowest BCUT2D eigenvalue weighted by Gasteiger charge is -2.10. The van der Waals surface area contributed by atoms with E-state index in [0.29, 0.717) is 0 Å². The van der Waals surface area contributed by atoms with Crippen LogP contribution >= 0.6 is 0 Å². The number of rotatable bonds is 2. The van der Waals surface area contributed by atoms with E-state index in [1.54, 1.807) is 0 Å². The number of pyridine rings is 1. The van der Waals surface area contributed by atoms with Crippen LogP contribution in [0.4, 0.5) is 5.69 Å². The van der Waals surface area contributed by atoms with Crippen molar-refractivity contribution in [1.82, 2.24) is 4.98 Å². The molecule has 2 N–H and O–H groups in total. The molecule has 1 heterocycles. The third-order valence-corrected chi connectivity index (χ3v) is 3.61. The molecule has 3 rings (SSSR count). The zero-order valence-corrected chi connectivity index (χ0v) is 10.9. The molecule has 0 fully saturated rings. The number of benzene rings is 2. The van der Waals surface area contributed by atoms with Crippen molar-refractivity contribution < 1.29 is 0 Å². The number of hydrogen-bond donors (Lipinski definition) is 1. The van der Waals surface area contributed by atoms with Crippen LogP contribution in [0.25, 0.3) is 10.9 Å². The van der Waals surface area contributed by atoms with Gasteiger partial charge in [-0.15, -0.1) is 0 Å². The van der Waals surface area contributed by atoms with Crippen LogP contribution in [0.5, 0.6) is 0 Å². The Morgan fingerprint density at radius 2 is 1.79 bits per heavy atom. The highest BCUT2D eigenvalue weighted by Gasteiger charge is 2.06. The SMILES string of the molecule is Cc1c(N)cccc1Cc1ccnc2ccccc12. The summed E-state index contributed by atoms with van der Waals surface area (Å²) in [6.07, 6.45) is 2.76. The highest BCUT2D eigenvalue weighted by molar-refractivity contribution is 5.82. The Balaban J connectivity index is 2.09. The Labute approximate surface area is 112 Å². The molecule has 0 aliphatic rings. The van der Waals surface area contributed by atoms with Crippen molar-refractivity contribution in [3.8, 4) is 0 Å². The predicted molar refractivity (Wildman–Crippen MR) is 80.1 cm³/mol. The van der Waals surface area contributed by atoms with Gasteiger partial charge in [-0.05, 0) is 48.2 Å². The van der Waals surface area contributed by atoms with Crippen LogP contribution in [0.2, 0.25) is 0 Å². The number of para-hydroxylation sites is 1. The second kappa shape index (κ2) is 4.73. The molecule has 0 saturated carbocycles. The summed E-state index contributed by atoms with van der Waals surface area (Å²) >= 11 is 0. The van der Waals surface area contributed by atoms with Gasteiger partial charge in [-0.25, -0.2) is 0 Å². The van der Waals surface area contributed by atoms with E-state index in [-0.39, 0.29) is 0 Å². The summed E-state index contributed by atoms with van der Waals surface area (Å²) in [5.74, 6) is 0. The average Bonchev–Trinajstić information content (AvgIpc) is 2.44. The monoisotopic (exact) mass is 248 g/mol. The number of anilines is 1. The largest absolute Gasteiger partial charge is 0.399 e. The van der Waals surface area contributed by atoms with Crippen molar-refractivity contribution in [3.63, 3.8) is 0 Å². The van der Waals surface area contributed by atoms with E-state index in [9.17, 15) is 0 Å². The number of nitrogens with two attached hydrogens (primary N) is 1. The Kier molecular flexibility index (Phi) is 2.92. The summed E-state index contributed by atoms with van der Waals surface area (Å²) in [7, 11) is 0. The minimum atomic E-state index is 0.857. The molecule has 0 spiro atoms. The Morgan fingerprint density at radius 1 is 0.947 bits per heavy atom. The quantitative estimate of drug-likeness (QED) is 0.702. The molecule has 2 nitrogen and oxygen atoms in total. The third-order valence-electron chi connectivity index (χ3n) is 3.61. The van der Waals surface area contributed by atoms with Gasteiger partial charge in [0.05, 0.1) is 5.52 Å². The molecule has 3 aromatic rings. The molecule has 0 aliphatic carbocycles. The number of aromatic nitrogens is 1. The van der Waals surface area contributed by atoms with E-state index < -0.39 is 0 Å². The smallest absolute Gasteiger partial charge is 0.0704 e. The van der Waals surface area contributed by atoms with Gasteiger partial charge < -0.3 is 5.73 Å². The first-order chi connectivity index (χ1) is 9.25. The first kappa shape index (κ1) is 11.7.